The van der Waals surface area contributed by atoms with Gasteiger partial charge >= 0.3 is 0 Å². The SMILES string of the molecule is O=C1CCC(N2Cc3ccc(-n4cc(COC5CCOCC5)nn4)cc3C2=O)C(=O)N1. The van der Waals surface area contributed by atoms with Gasteiger partial charge in [-0.2, -0.15) is 0 Å². The smallest absolute Gasteiger partial charge is 0.255 e. The predicted molar refractivity (Wildman–Crippen MR) is 106 cm³/mol. The first-order valence-electron chi connectivity index (χ1n) is 10.5. The predicted octanol–water partition coefficient (Wildman–Crippen LogP) is 0.724. The van der Waals surface area contributed by atoms with Gasteiger partial charge in [-0.25, -0.2) is 4.68 Å². The van der Waals surface area contributed by atoms with Gasteiger partial charge in [0.15, 0.2) is 0 Å². The van der Waals surface area contributed by atoms with Crippen molar-refractivity contribution in [1.29, 1.82) is 0 Å². The maximum Gasteiger partial charge on any atom is 0.255 e. The summed E-state index contributed by atoms with van der Waals surface area (Å²) in [4.78, 5) is 38.1. The minimum absolute atomic E-state index is 0.176. The van der Waals surface area contributed by atoms with Gasteiger partial charge in [0, 0.05) is 31.7 Å². The number of carbonyl (C=O) groups is 3. The molecule has 31 heavy (non-hydrogen) atoms. The van der Waals surface area contributed by atoms with Crippen LogP contribution in [0.3, 0.4) is 0 Å². The van der Waals surface area contributed by atoms with E-state index in [1.54, 1.807) is 16.9 Å². The van der Waals surface area contributed by atoms with Crippen LogP contribution in [0.2, 0.25) is 0 Å². The molecule has 10 heteroatoms. The largest absolute Gasteiger partial charge is 0.381 e. The second-order valence-corrected chi connectivity index (χ2v) is 8.02. The molecule has 1 atom stereocenters. The molecular weight excluding hydrogens is 402 g/mol. The summed E-state index contributed by atoms with van der Waals surface area (Å²) in [5, 5.41) is 10.7. The number of carbonyl (C=O) groups excluding carboxylic acids is 3. The number of benzene rings is 1. The molecule has 4 heterocycles. The standard InChI is InChI=1S/C21H23N5O5/c27-19-4-3-18(20(28)22-19)25-10-13-1-2-15(9-17(13)21(25)29)26-11-14(23-24-26)12-31-16-5-7-30-8-6-16/h1-2,9,11,16,18H,3-8,10,12H2,(H,22,27,28). The van der Waals surface area contributed by atoms with Crippen LogP contribution in [0.15, 0.2) is 24.4 Å². The lowest BCUT2D eigenvalue weighted by Crippen LogP contribution is -2.52. The van der Waals surface area contributed by atoms with E-state index in [1.165, 1.54) is 4.90 Å². The van der Waals surface area contributed by atoms with E-state index in [0.29, 0.717) is 36.5 Å². The Hall–Kier alpha value is -3.11. The van der Waals surface area contributed by atoms with Gasteiger partial charge in [0.25, 0.3) is 5.91 Å². The Morgan fingerprint density at radius 2 is 2.00 bits per heavy atom. The van der Waals surface area contributed by atoms with Gasteiger partial charge < -0.3 is 14.4 Å². The third-order valence-electron chi connectivity index (χ3n) is 5.95. The quantitative estimate of drug-likeness (QED) is 0.702. The highest BCUT2D eigenvalue weighted by Gasteiger charge is 2.39. The molecule has 5 rings (SSSR count). The van der Waals surface area contributed by atoms with Crippen LogP contribution in [0.25, 0.3) is 5.69 Å². The number of fused-ring (bicyclic) bond motifs is 1. The van der Waals surface area contributed by atoms with Crippen LogP contribution in [0.5, 0.6) is 0 Å². The summed E-state index contributed by atoms with van der Waals surface area (Å²) in [5.41, 5.74) is 2.81. The van der Waals surface area contributed by atoms with Crippen LogP contribution in [0.1, 0.15) is 47.3 Å². The Morgan fingerprint density at radius 1 is 1.16 bits per heavy atom. The lowest BCUT2D eigenvalue weighted by Gasteiger charge is -2.29. The molecule has 1 aromatic heterocycles. The Kier molecular flexibility index (Phi) is 5.24. The number of ether oxygens (including phenoxy) is 2. The average Bonchev–Trinajstić information content (AvgIpc) is 3.38. The minimum Gasteiger partial charge on any atom is -0.381 e. The molecule has 1 unspecified atom stereocenters. The van der Waals surface area contributed by atoms with Crippen molar-refractivity contribution in [3.63, 3.8) is 0 Å². The van der Waals surface area contributed by atoms with Crippen LogP contribution in [-0.4, -0.2) is 63.0 Å². The highest BCUT2D eigenvalue weighted by atomic mass is 16.5. The van der Waals surface area contributed by atoms with Crippen LogP contribution in [0, 0.1) is 0 Å². The van der Waals surface area contributed by atoms with Crippen LogP contribution >= 0.6 is 0 Å². The van der Waals surface area contributed by atoms with E-state index < -0.39 is 11.9 Å². The van der Waals surface area contributed by atoms with Crippen LogP contribution in [0.4, 0.5) is 0 Å². The molecule has 0 aliphatic carbocycles. The molecule has 3 amide bonds. The van der Waals surface area contributed by atoms with E-state index in [-0.39, 0.29) is 24.3 Å². The summed E-state index contributed by atoms with van der Waals surface area (Å²) in [6, 6.07) is 4.88. The summed E-state index contributed by atoms with van der Waals surface area (Å²) in [6.45, 7) is 2.16. The fourth-order valence-electron chi connectivity index (χ4n) is 4.22. The summed E-state index contributed by atoms with van der Waals surface area (Å²) >= 11 is 0. The molecule has 0 saturated carbocycles. The van der Waals surface area contributed by atoms with Crippen molar-refractivity contribution < 1.29 is 23.9 Å². The second kappa shape index (κ2) is 8.20. The van der Waals surface area contributed by atoms with Gasteiger partial charge in [0.1, 0.15) is 11.7 Å². The van der Waals surface area contributed by atoms with Crippen molar-refractivity contribution in [2.24, 2.45) is 0 Å². The second-order valence-electron chi connectivity index (χ2n) is 8.02. The first-order chi connectivity index (χ1) is 15.1. The third-order valence-corrected chi connectivity index (χ3v) is 5.95. The molecule has 0 bridgehead atoms. The Morgan fingerprint density at radius 3 is 2.81 bits per heavy atom. The number of aromatic nitrogens is 3. The van der Waals surface area contributed by atoms with Crippen molar-refractivity contribution >= 4 is 17.7 Å². The van der Waals surface area contributed by atoms with Gasteiger partial charge in [-0.1, -0.05) is 11.3 Å². The van der Waals surface area contributed by atoms with Gasteiger partial charge in [-0.3, -0.25) is 19.7 Å². The van der Waals surface area contributed by atoms with Gasteiger partial charge in [-0.15, -0.1) is 5.10 Å². The first-order valence-corrected chi connectivity index (χ1v) is 10.5. The highest BCUT2D eigenvalue weighted by molar-refractivity contribution is 6.05. The molecule has 10 nitrogen and oxygen atoms in total. The van der Waals surface area contributed by atoms with Crippen molar-refractivity contribution in [3.05, 3.63) is 41.2 Å². The zero-order valence-corrected chi connectivity index (χ0v) is 17.0. The normalized spacial score (nSPS) is 22.0. The van der Waals surface area contributed by atoms with E-state index in [9.17, 15) is 14.4 Å². The van der Waals surface area contributed by atoms with Crippen LogP contribution in [-0.2, 0) is 32.2 Å². The highest BCUT2D eigenvalue weighted by Crippen LogP contribution is 2.29. The number of hydrogen-bond acceptors (Lipinski definition) is 7. The molecule has 1 aromatic carbocycles. The number of amides is 3. The van der Waals surface area contributed by atoms with Crippen molar-refractivity contribution in [2.75, 3.05) is 13.2 Å². The number of nitrogens with one attached hydrogen (secondary N) is 1. The molecule has 2 aromatic rings. The van der Waals surface area contributed by atoms with E-state index in [4.69, 9.17) is 9.47 Å². The topological polar surface area (TPSA) is 116 Å². The minimum atomic E-state index is -0.624. The van der Waals surface area contributed by atoms with Crippen LogP contribution < -0.4 is 5.32 Å². The van der Waals surface area contributed by atoms with Crippen molar-refractivity contribution in [3.8, 4) is 5.69 Å². The molecular formula is C21H23N5O5. The van der Waals surface area contributed by atoms with Crippen molar-refractivity contribution in [2.45, 2.75) is 51.0 Å². The molecule has 2 fully saturated rings. The molecule has 0 spiro atoms. The molecule has 0 radical (unpaired) electrons. The number of imide groups is 1. The Labute approximate surface area is 178 Å². The number of hydrogen-bond donors (Lipinski definition) is 1. The Balaban J connectivity index is 1.28. The zero-order chi connectivity index (χ0) is 21.4. The molecule has 3 aliphatic heterocycles. The third kappa shape index (κ3) is 3.96. The number of piperidine rings is 1. The van der Waals surface area contributed by atoms with Crippen molar-refractivity contribution in [1.82, 2.24) is 25.2 Å². The summed E-state index contributed by atoms with van der Waals surface area (Å²) in [5.74, 6) is -0.923. The molecule has 162 valence electrons. The van der Waals surface area contributed by atoms with E-state index in [1.807, 2.05) is 12.1 Å². The fraction of sp³-hybridized carbons (Fsp3) is 0.476. The van der Waals surface area contributed by atoms with E-state index in [2.05, 4.69) is 15.6 Å². The number of nitrogens with zero attached hydrogens (tertiary/aromatic N) is 4. The van der Waals surface area contributed by atoms with Gasteiger partial charge in [0.05, 0.1) is 24.6 Å². The first kappa shape index (κ1) is 19.8. The lowest BCUT2D eigenvalue weighted by molar-refractivity contribution is -0.136. The average molecular weight is 425 g/mol. The summed E-state index contributed by atoms with van der Waals surface area (Å²) in [7, 11) is 0. The lowest BCUT2D eigenvalue weighted by atomic mass is 10.0. The monoisotopic (exact) mass is 425 g/mol. The number of rotatable bonds is 5. The summed E-state index contributed by atoms with van der Waals surface area (Å²) < 4.78 is 12.8. The van der Waals surface area contributed by atoms with E-state index >= 15 is 0 Å². The van der Waals surface area contributed by atoms with Gasteiger partial charge in [-0.05, 0) is 37.0 Å². The molecule has 2 saturated heterocycles. The molecule has 3 aliphatic rings. The maximum absolute atomic E-state index is 13.0. The fourth-order valence-corrected chi connectivity index (χ4v) is 4.22. The maximum atomic E-state index is 13.0. The Bertz CT molecular complexity index is 1030. The van der Waals surface area contributed by atoms with E-state index in [0.717, 1.165) is 31.6 Å². The summed E-state index contributed by atoms with van der Waals surface area (Å²) in [6.07, 6.45) is 4.30. The zero-order valence-electron chi connectivity index (χ0n) is 17.0. The van der Waals surface area contributed by atoms with Gasteiger partial charge in [0.2, 0.25) is 11.8 Å². The molecule has 1 N–H and O–H groups in total.